The first-order valence-corrected chi connectivity index (χ1v) is 11.7. The van der Waals surface area contributed by atoms with Gasteiger partial charge in [0.05, 0.1) is 11.0 Å². The standard InChI is InChI=1S/C23H22BrF4N5O2/c1-2-31-7-9-32(10-8-31)23(34)33(16-5-6-18(25)17(24)12-16)13-15-4-3-14(11-19(15)26)21-29-30-22(35-21)20(27)28/h3-6,11-12,20H,2,7-10,13H2,1H3. The van der Waals surface area contributed by atoms with Crippen LogP contribution in [0.2, 0.25) is 0 Å². The van der Waals surface area contributed by atoms with Crippen LogP contribution in [0.25, 0.3) is 11.5 Å². The summed E-state index contributed by atoms with van der Waals surface area (Å²) in [6, 6.07) is 7.77. The summed E-state index contributed by atoms with van der Waals surface area (Å²) in [6.07, 6.45) is -2.94. The van der Waals surface area contributed by atoms with Gasteiger partial charge in [0.25, 0.3) is 5.89 Å². The molecule has 4 rings (SSSR count). The lowest BCUT2D eigenvalue weighted by Crippen LogP contribution is -2.52. The number of piperazine rings is 1. The molecule has 0 spiro atoms. The number of carbonyl (C=O) groups excluding carboxylic acids is 1. The molecule has 0 atom stereocenters. The second-order valence-corrected chi connectivity index (χ2v) is 8.80. The number of likely N-dealkylation sites (N-methyl/N-ethyl adjacent to an activating group) is 1. The lowest BCUT2D eigenvalue weighted by Gasteiger charge is -2.37. The first-order valence-electron chi connectivity index (χ1n) is 10.9. The van der Waals surface area contributed by atoms with Gasteiger partial charge in [-0.2, -0.15) is 8.78 Å². The lowest BCUT2D eigenvalue weighted by molar-refractivity contribution is 0.116. The topological polar surface area (TPSA) is 65.7 Å². The predicted octanol–water partition coefficient (Wildman–Crippen LogP) is 5.48. The quantitative estimate of drug-likeness (QED) is 0.377. The van der Waals surface area contributed by atoms with E-state index in [0.29, 0.717) is 18.8 Å². The highest BCUT2D eigenvalue weighted by Gasteiger charge is 2.27. The number of aromatic nitrogens is 2. The van der Waals surface area contributed by atoms with Gasteiger partial charge < -0.3 is 14.2 Å². The molecule has 2 heterocycles. The van der Waals surface area contributed by atoms with Gasteiger partial charge in [0, 0.05) is 43.0 Å². The molecule has 1 saturated heterocycles. The van der Waals surface area contributed by atoms with E-state index in [2.05, 4.69) is 38.0 Å². The van der Waals surface area contributed by atoms with E-state index in [-0.39, 0.29) is 34.1 Å². The summed E-state index contributed by atoms with van der Waals surface area (Å²) in [6.45, 7) is 5.26. The summed E-state index contributed by atoms with van der Waals surface area (Å²) in [5.41, 5.74) is 0.690. The smallest absolute Gasteiger partial charge is 0.324 e. The largest absolute Gasteiger partial charge is 0.415 e. The third-order valence-corrected chi connectivity index (χ3v) is 6.40. The molecular weight excluding hydrogens is 534 g/mol. The highest BCUT2D eigenvalue weighted by atomic mass is 79.9. The van der Waals surface area contributed by atoms with Crippen molar-refractivity contribution in [3.63, 3.8) is 0 Å². The van der Waals surface area contributed by atoms with Crippen LogP contribution >= 0.6 is 15.9 Å². The van der Waals surface area contributed by atoms with E-state index in [1.807, 2.05) is 0 Å². The van der Waals surface area contributed by atoms with E-state index in [0.717, 1.165) is 25.7 Å². The molecule has 1 aliphatic heterocycles. The van der Waals surface area contributed by atoms with Crippen molar-refractivity contribution in [3.8, 4) is 11.5 Å². The number of benzene rings is 2. The van der Waals surface area contributed by atoms with Crippen molar-refractivity contribution in [1.29, 1.82) is 0 Å². The summed E-state index contributed by atoms with van der Waals surface area (Å²) < 4.78 is 59.4. The first-order chi connectivity index (χ1) is 16.8. The molecule has 1 aliphatic rings. The Hall–Kier alpha value is -2.99. The SMILES string of the molecule is CCN1CCN(C(=O)N(Cc2ccc(-c3nnc(C(F)F)o3)cc2F)c2ccc(F)c(Br)c2)CC1. The van der Waals surface area contributed by atoms with Gasteiger partial charge in [0.15, 0.2) is 0 Å². The fraction of sp³-hybridized carbons (Fsp3) is 0.348. The molecule has 7 nitrogen and oxygen atoms in total. The van der Waals surface area contributed by atoms with Gasteiger partial charge in [-0.3, -0.25) is 4.90 Å². The molecule has 0 N–H and O–H groups in total. The van der Waals surface area contributed by atoms with Crippen molar-refractivity contribution in [2.75, 3.05) is 37.6 Å². The van der Waals surface area contributed by atoms with Crippen LogP contribution in [0.5, 0.6) is 0 Å². The molecule has 0 saturated carbocycles. The number of carbonyl (C=O) groups is 1. The molecule has 2 aromatic carbocycles. The van der Waals surface area contributed by atoms with E-state index in [4.69, 9.17) is 4.42 Å². The summed E-state index contributed by atoms with van der Waals surface area (Å²) >= 11 is 3.14. The molecule has 186 valence electrons. The minimum atomic E-state index is -2.94. The van der Waals surface area contributed by atoms with Crippen LogP contribution in [-0.2, 0) is 6.54 Å². The average molecular weight is 556 g/mol. The zero-order valence-corrected chi connectivity index (χ0v) is 20.3. The van der Waals surface area contributed by atoms with Crippen molar-refractivity contribution >= 4 is 27.6 Å². The Balaban J connectivity index is 1.61. The molecule has 3 aromatic rings. The summed E-state index contributed by atoms with van der Waals surface area (Å²) in [7, 11) is 0. The molecule has 0 unspecified atom stereocenters. The molecule has 0 radical (unpaired) electrons. The normalized spacial score (nSPS) is 14.5. The van der Waals surface area contributed by atoms with Crippen molar-refractivity contribution in [1.82, 2.24) is 20.0 Å². The minimum absolute atomic E-state index is 0.128. The molecule has 2 amide bonds. The Kier molecular flexibility index (Phi) is 7.70. The summed E-state index contributed by atoms with van der Waals surface area (Å²) in [5, 5.41) is 6.78. The van der Waals surface area contributed by atoms with Gasteiger partial charge in [0.1, 0.15) is 11.6 Å². The molecule has 1 fully saturated rings. The van der Waals surface area contributed by atoms with E-state index in [1.54, 1.807) is 4.90 Å². The summed E-state index contributed by atoms with van der Waals surface area (Å²) in [4.78, 5) is 18.7. The number of hydrogen-bond acceptors (Lipinski definition) is 5. The van der Waals surface area contributed by atoms with E-state index >= 15 is 4.39 Å². The minimum Gasteiger partial charge on any atom is -0.415 e. The van der Waals surface area contributed by atoms with Gasteiger partial charge in [0.2, 0.25) is 5.89 Å². The number of hydrogen-bond donors (Lipinski definition) is 0. The van der Waals surface area contributed by atoms with E-state index in [1.165, 1.54) is 35.2 Å². The number of alkyl halides is 2. The Morgan fingerprint density at radius 2 is 1.83 bits per heavy atom. The zero-order chi connectivity index (χ0) is 25.1. The van der Waals surface area contributed by atoms with Crippen LogP contribution in [-0.4, -0.2) is 58.8 Å². The van der Waals surface area contributed by atoms with Gasteiger partial charge in [-0.05, 0) is 52.8 Å². The fourth-order valence-electron chi connectivity index (χ4n) is 3.77. The van der Waals surface area contributed by atoms with Gasteiger partial charge in [-0.15, -0.1) is 10.2 Å². The number of halogens is 5. The highest BCUT2D eigenvalue weighted by molar-refractivity contribution is 9.10. The maximum Gasteiger partial charge on any atom is 0.324 e. The second-order valence-electron chi connectivity index (χ2n) is 7.94. The molecule has 35 heavy (non-hydrogen) atoms. The molecule has 0 aliphatic carbocycles. The highest BCUT2D eigenvalue weighted by Crippen LogP contribution is 2.28. The van der Waals surface area contributed by atoms with Crippen LogP contribution in [0.15, 0.2) is 45.3 Å². The van der Waals surface area contributed by atoms with Crippen molar-refractivity contribution in [2.24, 2.45) is 0 Å². The monoisotopic (exact) mass is 555 g/mol. The maximum atomic E-state index is 15.1. The number of rotatable bonds is 6. The summed E-state index contributed by atoms with van der Waals surface area (Å²) in [5.74, 6) is -2.27. The Morgan fingerprint density at radius 3 is 2.43 bits per heavy atom. The predicted molar refractivity (Wildman–Crippen MR) is 124 cm³/mol. The Bertz CT molecular complexity index is 1200. The molecular formula is C23H22BrF4N5O2. The molecule has 0 bridgehead atoms. The molecule has 1 aromatic heterocycles. The van der Waals surface area contributed by atoms with E-state index in [9.17, 15) is 18.0 Å². The third kappa shape index (κ3) is 5.64. The van der Waals surface area contributed by atoms with Crippen LogP contribution < -0.4 is 4.90 Å². The first kappa shape index (κ1) is 25.1. The van der Waals surface area contributed by atoms with Crippen LogP contribution in [0.4, 0.5) is 28.0 Å². The maximum absolute atomic E-state index is 15.1. The average Bonchev–Trinajstić information content (AvgIpc) is 3.36. The number of nitrogens with zero attached hydrogens (tertiary/aromatic N) is 5. The van der Waals surface area contributed by atoms with Gasteiger partial charge >= 0.3 is 12.5 Å². The van der Waals surface area contributed by atoms with Crippen LogP contribution in [0.1, 0.15) is 24.8 Å². The van der Waals surface area contributed by atoms with Crippen LogP contribution in [0, 0.1) is 11.6 Å². The lowest BCUT2D eigenvalue weighted by atomic mass is 10.1. The van der Waals surface area contributed by atoms with Crippen molar-refractivity contribution in [3.05, 3.63) is 64.0 Å². The van der Waals surface area contributed by atoms with Gasteiger partial charge in [-0.25, -0.2) is 13.6 Å². The van der Waals surface area contributed by atoms with E-state index < -0.39 is 24.0 Å². The number of anilines is 1. The number of urea groups is 1. The van der Waals surface area contributed by atoms with Crippen molar-refractivity contribution < 1.29 is 26.8 Å². The fourth-order valence-corrected chi connectivity index (χ4v) is 4.13. The van der Waals surface area contributed by atoms with Crippen molar-refractivity contribution in [2.45, 2.75) is 19.9 Å². The Labute approximate surface area is 207 Å². The Morgan fingerprint density at radius 1 is 1.09 bits per heavy atom. The third-order valence-electron chi connectivity index (χ3n) is 5.79. The molecule has 12 heteroatoms. The number of amides is 2. The second kappa shape index (κ2) is 10.7. The zero-order valence-electron chi connectivity index (χ0n) is 18.7. The van der Waals surface area contributed by atoms with Crippen LogP contribution in [0.3, 0.4) is 0 Å². The van der Waals surface area contributed by atoms with Gasteiger partial charge in [-0.1, -0.05) is 13.0 Å².